The molecule has 0 saturated heterocycles. The zero-order chi connectivity index (χ0) is 22.8. The van der Waals surface area contributed by atoms with Crippen LogP contribution in [-0.2, 0) is 6.54 Å². The van der Waals surface area contributed by atoms with Crippen molar-refractivity contribution in [1.82, 2.24) is 14.8 Å². The first-order valence-corrected chi connectivity index (χ1v) is 10.8. The molecule has 0 radical (unpaired) electrons. The summed E-state index contributed by atoms with van der Waals surface area (Å²) in [5.74, 6) is 0.788. The van der Waals surface area contributed by atoms with Crippen LogP contribution in [0.1, 0.15) is 11.1 Å². The van der Waals surface area contributed by atoms with E-state index in [1.165, 1.54) is 5.56 Å². The zero-order valence-electron chi connectivity index (χ0n) is 18.5. The second-order valence-corrected chi connectivity index (χ2v) is 7.93. The molecule has 0 fully saturated rings. The smallest absolute Gasteiger partial charge is 0.254 e. The Kier molecular flexibility index (Phi) is 5.40. The van der Waals surface area contributed by atoms with Gasteiger partial charge in [0.2, 0.25) is 0 Å². The molecule has 2 heterocycles. The largest absolute Gasteiger partial charge is 0.497 e. The summed E-state index contributed by atoms with van der Waals surface area (Å²) in [5.41, 5.74) is 5.99. The summed E-state index contributed by atoms with van der Waals surface area (Å²) in [7, 11) is 1.64. The number of aromatic amines is 1. The minimum absolute atomic E-state index is 0.143. The number of anilines is 1. The minimum Gasteiger partial charge on any atom is -0.497 e. The highest BCUT2D eigenvalue weighted by molar-refractivity contribution is 5.92. The summed E-state index contributed by atoms with van der Waals surface area (Å²) in [6.07, 6.45) is 0. The van der Waals surface area contributed by atoms with Crippen molar-refractivity contribution in [2.24, 2.45) is 0 Å². The highest BCUT2D eigenvalue weighted by Gasteiger charge is 2.16. The Hall–Kier alpha value is -4.32. The number of aryl methyl sites for hydroxylation is 1. The fourth-order valence-electron chi connectivity index (χ4n) is 3.83. The Morgan fingerprint density at radius 1 is 0.970 bits per heavy atom. The number of hydrogen-bond donors (Lipinski definition) is 2. The summed E-state index contributed by atoms with van der Waals surface area (Å²) in [6, 6.07) is 27.7. The average Bonchev–Trinajstić information content (AvgIpc) is 3.22. The molecule has 0 amide bonds. The van der Waals surface area contributed by atoms with Gasteiger partial charge in [0, 0.05) is 28.7 Å². The van der Waals surface area contributed by atoms with E-state index >= 15 is 0 Å². The van der Waals surface area contributed by atoms with Crippen molar-refractivity contribution in [1.29, 1.82) is 0 Å². The van der Waals surface area contributed by atoms with Gasteiger partial charge in [-0.05, 0) is 49.4 Å². The van der Waals surface area contributed by atoms with Gasteiger partial charge in [-0.2, -0.15) is 5.10 Å². The van der Waals surface area contributed by atoms with Crippen LogP contribution in [0.25, 0.3) is 28.0 Å². The average molecular weight is 437 g/mol. The number of pyridine rings is 1. The predicted octanol–water partition coefficient (Wildman–Crippen LogP) is 5.31. The minimum atomic E-state index is -0.143. The fourth-order valence-corrected chi connectivity index (χ4v) is 3.83. The van der Waals surface area contributed by atoms with Gasteiger partial charge in [0.1, 0.15) is 17.1 Å². The summed E-state index contributed by atoms with van der Waals surface area (Å²) in [5, 5.41) is 9.11. The van der Waals surface area contributed by atoms with E-state index in [9.17, 15) is 4.79 Å². The maximum atomic E-state index is 13.0. The van der Waals surface area contributed by atoms with Crippen LogP contribution >= 0.6 is 0 Å². The molecular formula is C27H24N4O2. The molecule has 0 unspecified atom stereocenters. The van der Waals surface area contributed by atoms with Crippen molar-refractivity contribution >= 4 is 16.7 Å². The monoisotopic (exact) mass is 436 g/mol. The molecule has 2 N–H and O–H groups in total. The molecule has 3 aromatic carbocycles. The standard InChI is InChI=1S/C27H24N4O2/c1-18-8-10-19(11-9-18)25-24-16-20(17-28-21-12-14-23(33-2)15-13-21)27(32)29-26(24)31(30-25)22-6-4-3-5-7-22/h3-16,28H,17H2,1-2H3,(H,29,32). The quantitative estimate of drug-likeness (QED) is 0.378. The molecule has 5 aromatic rings. The van der Waals surface area contributed by atoms with Gasteiger partial charge in [-0.3, -0.25) is 4.79 Å². The number of ether oxygens (including phenoxy) is 1. The number of methoxy groups -OCH3 is 1. The number of hydrogen-bond acceptors (Lipinski definition) is 4. The summed E-state index contributed by atoms with van der Waals surface area (Å²) >= 11 is 0. The SMILES string of the molecule is COc1ccc(NCc2cc3c(-c4ccc(C)cc4)nn(-c4ccccc4)c3[nH]c2=O)cc1. The normalized spacial score (nSPS) is 11.0. The van der Waals surface area contributed by atoms with Gasteiger partial charge < -0.3 is 15.0 Å². The molecule has 0 atom stereocenters. The zero-order valence-corrected chi connectivity index (χ0v) is 18.5. The van der Waals surface area contributed by atoms with Crippen LogP contribution in [0.4, 0.5) is 5.69 Å². The number of benzene rings is 3. The van der Waals surface area contributed by atoms with Gasteiger partial charge in [-0.1, -0.05) is 48.0 Å². The summed E-state index contributed by atoms with van der Waals surface area (Å²) < 4.78 is 7.01. The van der Waals surface area contributed by atoms with E-state index in [-0.39, 0.29) is 5.56 Å². The molecule has 0 saturated carbocycles. The number of H-pyrrole nitrogens is 1. The lowest BCUT2D eigenvalue weighted by Gasteiger charge is -2.08. The summed E-state index contributed by atoms with van der Waals surface area (Å²) in [6.45, 7) is 2.45. The number of para-hydroxylation sites is 1. The number of rotatable bonds is 6. The lowest BCUT2D eigenvalue weighted by Crippen LogP contribution is -2.16. The second kappa shape index (κ2) is 8.67. The Labute approximate surface area is 191 Å². The van der Waals surface area contributed by atoms with E-state index in [4.69, 9.17) is 9.84 Å². The van der Waals surface area contributed by atoms with Crippen LogP contribution in [0.5, 0.6) is 5.75 Å². The third-order valence-electron chi connectivity index (χ3n) is 5.66. The molecule has 0 spiro atoms. The topological polar surface area (TPSA) is 71.9 Å². The Morgan fingerprint density at radius 2 is 1.70 bits per heavy atom. The third kappa shape index (κ3) is 4.11. The molecule has 2 aromatic heterocycles. The van der Waals surface area contributed by atoms with Crippen LogP contribution in [0.2, 0.25) is 0 Å². The molecule has 5 rings (SSSR count). The first-order chi connectivity index (χ1) is 16.1. The van der Waals surface area contributed by atoms with E-state index in [0.717, 1.165) is 33.8 Å². The number of nitrogens with one attached hydrogen (secondary N) is 2. The van der Waals surface area contributed by atoms with E-state index in [2.05, 4.69) is 41.5 Å². The van der Waals surface area contributed by atoms with Crippen molar-refractivity contribution in [3.63, 3.8) is 0 Å². The van der Waals surface area contributed by atoms with Crippen molar-refractivity contribution in [2.45, 2.75) is 13.5 Å². The van der Waals surface area contributed by atoms with E-state index in [0.29, 0.717) is 17.8 Å². The van der Waals surface area contributed by atoms with Crippen LogP contribution in [0.15, 0.2) is 89.7 Å². The molecule has 0 bridgehead atoms. The van der Waals surface area contributed by atoms with Gasteiger partial charge in [0.25, 0.3) is 5.56 Å². The van der Waals surface area contributed by atoms with E-state index in [1.54, 1.807) is 11.8 Å². The number of aromatic nitrogens is 3. The third-order valence-corrected chi connectivity index (χ3v) is 5.66. The van der Waals surface area contributed by atoms with Gasteiger partial charge in [0.15, 0.2) is 0 Å². The van der Waals surface area contributed by atoms with Crippen molar-refractivity contribution < 1.29 is 4.74 Å². The molecule has 0 aliphatic rings. The van der Waals surface area contributed by atoms with Crippen LogP contribution in [0.3, 0.4) is 0 Å². The highest BCUT2D eigenvalue weighted by Crippen LogP contribution is 2.29. The molecule has 0 aliphatic heterocycles. The fraction of sp³-hybridized carbons (Fsp3) is 0.111. The molecule has 6 heteroatoms. The first kappa shape index (κ1) is 20.6. The first-order valence-electron chi connectivity index (χ1n) is 10.8. The van der Waals surface area contributed by atoms with Gasteiger partial charge in [0.05, 0.1) is 12.8 Å². The molecular weight excluding hydrogens is 412 g/mol. The number of fused-ring (bicyclic) bond motifs is 1. The van der Waals surface area contributed by atoms with Crippen LogP contribution < -0.4 is 15.6 Å². The maximum absolute atomic E-state index is 13.0. The van der Waals surface area contributed by atoms with E-state index < -0.39 is 0 Å². The van der Waals surface area contributed by atoms with Crippen molar-refractivity contribution in [2.75, 3.05) is 12.4 Å². The molecule has 0 aliphatic carbocycles. The van der Waals surface area contributed by atoms with Gasteiger partial charge in [-0.25, -0.2) is 4.68 Å². The predicted molar refractivity (Wildman–Crippen MR) is 132 cm³/mol. The highest BCUT2D eigenvalue weighted by atomic mass is 16.5. The van der Waals surface area contributed by atoms with Crippen molar-refractivity contribution in [3.05, 3.63) is 106 Å². The Morgan fingerprint density at radius 3 is 2.39 bits per heavy atom. The lowest BCUT2D eigenvalue weighted by molar-refractivity contribution is 0.415. The van der Waals surface area contributed by atoms with Gasteiger partial charge >= 0.3 is 0 Å². The second-order valence-electron chi connectivity index (χ2n) is 7.93. The van der Waals surface area contributed by atoms with E-state index in [1.807, 2.05) is 60.7 Å². The van der Waals surface area contributed by atoms with Gasteiger partial charge in [-0.15, -0.1) is 0 Å². The van der Waals surface area contributed by atoms with Crippen LogP contribution in [-0.4, -0.2) is 21.9 Å². The van der Waals surface area contributed by atoms with Crippen LogP contribution in [0, 0.1) is 6.92 Å². The Bertz CT molecular complexity index is 1450. The van der Waals surface area contributed by atoms with Crippen molar-refractivity contribution in [3.8, 4) is 22.7 Å². The molecule has 33 heavy (non-hydrogen) atoms. The number of nitrogens with zero attached hydrogens (tertiary/aromatic N) is 2. The molecule has 164 valence electrons. The lowest BCUT2D eigenvalue weighted by atomic mass is 10.1. The maximum Gasteiger partial charge on any atom is 0.254 e. The summed E-state index contributed by atoms with van der Waals surface area (Å²) in [4.78, 5) is 16.0. The Balaban J connectivity index is 1.59. The molecule has 6 nitrogen and oxygen atoms in total.